The average Bonchev–Trinajstić information content (AvgIpc) is 3.00. The molecule has 0 unspecified atom stereocenters. The molecular formula is C18H13FN4O2S. The zero-order chi connectivity index (χ0) is 18.3. The fourth-order valence-electron chi connectivity index (χ4n) is 2.82. The van der Waals surface area contributed by atoms with E-state index in [9.17, 15) is 12.8 Å². The predicted molar refractivity (Wildman–Crippen MR) is 95.2 cm³/mol. The molecule has 2 aromatic heterocycles. The fraction of sp³-hybridized carbons (Fsp3) is 0. The third-order valence-electron chi connectivity index (χ3n) is 3.98. The molecule has 26 heavy (non-hydrogen) atoms. The number of rotatable bonds is 3. The van der Waals surface area contributed by atoms with E-state index >= 15 is 0 Å². The molecule has 0 aliphatic rings. The fourth-order valence-corrected chi connectivity index (χ4v) is 3.34. The zero-order valence-electron chi connectivity index (χ0n) is 13.4. The molecule has 0 atom stereocenters. The van der Waals surface area contributed by atoms with E-state index in [1.54, 1.807) is 42.9 Å². The summed E-state index contributed by atoms with van der Waals surface area (Å²) in [5, 5.41) is 5.16. The SMILES string of the molecule is NS(=O)(=O)c1ccc(-c2c(-c3cccc(F)c3)nc3cnccn23)cc1. The van der Waals surface area contributed by atoms with E-state index in [1.165, 1.54) is 24.3 Å². The highest BCUT2D eigenvalue weighted by molar-refractivity contribution is 7.89. The lowest BCUT2D eigenvalue weighted by atomic mass is 10.0. The van der Waals surface area contributed by atoms with Gasteiger partial charge in [0.05, 0.1) is 22.5 Å². The second-order valence-electron chi connectivity index (χ2n) is 5.69. The van der Waals surface area contributed by atoms with Crippen LogP contribution in [0.5, 0.6) is 0 Å². The molecule has 6 nitrogen and oxygen atoms in total. The van der Waals surface area contributed by atoms with Gasteiger partial charge in [-0.05, 0) is 24.3 Å². The van der Waals surface area contributed by atoms with Gasteiger partial charge in [-0.15, -0.1) is 0 Å². The molecule has 4 aromatic rings. The van der Waals surface area contributed by atoms with Crippen LogP contribution >= 0.6 is 0 Å². The number of halogens is 1. The molecule has 2 N–H and O–H groups in total. The van der Waals surface area contributed by atoms with E-state index < -0.39 is 10.0 Å². The van der Waals surface area contributed by atoms with Gasteiger partial charge in [0.25, 0.3) is 0 Å². The third kappa shape index (κ3) is 2.85. The Bertz CT molecular complexity index is 1220. The maximum Gasteiger partial charge on any atom is 0.238 e. The maximum absolute atomic E-state index is 13.7. The molecule has 130 valence electrons. The first-order valence-electron chi connectivity index (χ1n) is 7.65. The van der Waals surface area contributed by atoms with Crippen molar-refractivity contribution in [3.63, 3.8) is 0 Å². The minimum Gasteiger partial charge on any atom is -0.296 e. The highest BCUT2D eigenvalue weighted by atomic mass is 32.2. The van der Waals surface area contributed by atoms with Crippen molar-refractivity contribution in [2.24, 2.45) is 5.14 Å². The molecule has 0 saturated carbocycles. The largest absolute Gasteiger partial charge is 0.296 e. The molecule has 2 aromatic carbocycles. The number of benzene rings is 2. The topological polar surface area (TPSA) is 90.4 Å². The van der Waals surface area contributed by atoms with Crippen molar-refractivity contribution in [2.45, 2.75) is 4.90 Å². The Hall–Kier alpha value is -3.10. The van der Waals surface area contributed by atoms with Crippen LogP contribution in [0.1, 0.15) is 0 Å². The van der Waals surface area contributed by atoms with Crippen molar-refractivity contribution in [1.29, 1.82) is 0 Å². The highest BCUT2D eigenvalue weighted by Gasteiger charge is 2.17. The number of hydrogen-bond donors (Lipinski definition) is 1. The summed E-state index contributed by atoms with van der Waals surface area (Å²) in [6, 6.07) is 12.3. The molecular weight excluding hydrogens is 355 g/mol. The van der Waals surface area contributed by atoms with Crippen molar-refractivity contribution in [3.05, 3.63) is 72.9 Å². The Morgan fingerprint density at radius 1 is 1.04 bits per heavy atom. The number of sulfonamides is 1. The lowest BCUT2D eigenvalue weighted by Crippen LogP contribution is -2.11. The van der Waals surface area contributed by atoms with Gasteiger partial charge < -0.3 is 0 Å². The van der Waals surface area contributed by atoms with Crippen molar-refractivity contribution < 1.29 is 12.8 Å². The Labute approximate surface area is 148 Å². The van der Waals surface area contributed by atoms with Crippen LogP contribution in [-0.2, 0) is 10.0 Å². The Balaban J connectivity index is 1.98. The van der Waals surface area contributed by atoms with Gasteiger partial charge in [0, 0.05) is 23.5 Å². The normalized spacial score (nSPS) is 11.8. The first kappa shape index (κ1) is 16.4. The minimum atomic E-state index is -3.78. The van der Waals surface area contributed by atoms with E-state index in [2.05, 4.69) is 9.97 Å². The van der Waals surface area contributed by atoms with Gasteiger partial charge in [-0.3, -0.25) is 9.38 Å². The summed E-state index contributed by atoms with van der Waals surface area (Å²) in [6.45, 7) is 0. The lowest BCUT2D eigenvalue weighted by Gasteiger charge is -2.07. The van der Waals surface area contributed by atoms with Crippen LogP contribution in [0.4, 0.5) is 4.39 Å². The van der Waals surface area contributed by atoms with Gasteiger partial charge in [-0.25, -0.2) is 22.9 Å². The molecule has 0 aliphatic heterocycles. The highest BCUT2D eigenvalue weighted by Crippen LogP contribution is 2.33. The summed E-state index contributed by atoms with van der Waals surface area (Å²) in [7, 11) is -3.78. The summed E-state index contributed by atoms with van der Waals surface area (Å²) in [6.07, 6.45) is 4.96. The Morgan fingerprint density at radius 2 is 1.81 bits per heavy atom. The number of aromatic nitrogens is 3. The smallest absolute Gasteiger partial charge is 0.238 e. The Kier molecular flexibility index (Phi) is 3.78. The second kappa shape index (κ2) is 6.01. The zero-order valence-corrected chi connectivity index (χ0v) is 14.2. The van der Waals surface area contributed by atoms with E-state index in [1.807, 2.05) is 4.40 Å². The monoisotopic (exact) mass is 368 g/mol. The van der Waals surface area contributed by atoms with Gasteiger partial charge in [-0.1, -0.05) is 24.3 Å². The molecule has 0 radical (unpaired) electrons. The van der Waals surface area contributed by atoms with Gasteiger partial charge in [0.1, 0.15) is 5.82 Å². The molecule has 8 heteroatoms. The summed E-state index contributed by atoms with van der Waals surface area (Å²) >= 11 is 0. The third-order valence-corrected chi connectivity index (χ3v) is 4.91. The van der Waals surface area contributed by atoms with Crippen molar-refractivity contribution in [3.8, 4) is 22.5 Å². The van der Waals surface area contributed by atoms with E-state index in [-0.39, 0.29) is 10.7 Å². The summed E-state index contributed by atoms with van der Waals surface area (Å²) in [4.78, 5) is 8.65. The number of fused-ring (bicyclic) bond motifs is 1. The van der Waals surface area contributed by atoms with Gasteiger partial charge in [0.15, 0.2) is 5.65 Å². The Morgan fingerprint density at radius 3 is 2.50 bits per heavy atom. The predicted octanol–water partition coefficient (Wildman–Crippen LogP) is 2.85. The van der Waals surface area contributed by atoms with Crippen molar-refractivity contribution in [2.75, 3.05) is 0 Å². The van der Waals surface area contributed by atoms with Crippen LogP contribution in [0.15, 0.2) is 72.0 Å². The summed E-state index contributed by atoms with van der Waals surface area (Å²) in [5.41, 5.74) is 3.20. The first-order chi connectivity index (χ1) is 12.4. The second-order valence-corrected chi connectivity index (χ2v) is 7.25. The summed E-state index contributed by atoms with van der Waals surface area (Å²) in [5.74, 6) is -0.367. The first-order valence-corrected chi connectivity index (χ1v) is 9.19. The number of nitrogens with zero attached hydrogens (tertiary/aromatic N) is 3. The van der Waals surface area contributed by atoms with E-state index in [0.29, 0.717) is 22.6 Å². The maximum atomic E-state index is 13.7. The van der Waals surface area contributed by atoms with E-state index in [0.717, 1.165) is 5.56 Å². The number of primary sulfonamides is 1. The molecule has 0 fully saturated rings. The number of hydrogen-bond acceptors (Lipinski definition) is 4. The van der Waals surface area contributed by atoms with Gasteiger partial charge in [0.2, 0.25) is 10.0 Å². The van der Waals surface area contributed by atoms with E-state index in [4.69, 9.17) is 5.14 Å². The molecule has 0 aliphatic carbocycles. The van der Waals surface area contributed by atoms with Crippen LogP contribution < -0.4 is 5.14 Å². The number of imidazole rings is 1. The molecule has 4 rings (SSSR count). The van der Waals surface area contributed by atoms with Crippen molar-refractivity contribution >= 4 is 15.7 Å². The molecule has 2 heterocycles. The summed E-state index contributed by atoms with van der Waals surface area (Å²) < 4.78 is 38.5. The van der Waals surface area contributed by atoms with Crippen LogP contribution in [0.25, 0.3) is 28.2 Å². The number of nitrogens with two attached hydrogens (primary N) is 1. The minimum absolute atomic E-state index is 0.0176. The van der Waals surface area contributed by atoms with Crippen LogP contribution in [-0.4, -0.2) is 22.8 Å². The molecule has 0 amide bonds. The molecule has 0 bridgehead atoms. The van der Waals surface area contributed by atoms with Crippen LogP contribution in [0.2, 0.25) is 0 Å². The van der Waals surface area contributed by atoms with Crippen molar-refractivity contribution in [1.82, 2.24) is 14.4 Å². The average molecular weight is 368 g/mol. The van der Waals surface area contributed by atoms with Gasteiger partial charge >= 0.3 is 0 Å². The standard InChI is InChI=1S/C18H13FN4O2S/c19-14-3-1-2-13(10-14)17-18(23-9-8-21-11-16(23)22-17)12-4-6-15(7-5-12)26(20,24)25/h1-11H,(H2,20,24,25). The molecule has 0 spiro atoms. The molecule has 0 saturated heterocycles. The van der Waals surface area contributed by atoms with Crippen LogP contribution in [0, 0.1) is 5.82 Å². The van der Waals surface area contributed by atoms with Crippen LogP contribution in [0.3, 0.4) is 0 Å². The van der Waals surface area contributed by atoms with Gasteiger partial charge in [-0.2, -0.15) is 0 Å². The lowest BCUT2D eigenvalue weighted by molar-refractivity contribution is 0.598. The quantitative estimate of drug-likeness (QED) is 0.602.